The van der Waals surface area contributed by atoms with Crippen LogP contribution in [0.25, 0.3) is 0 Å². The molecule has 6 heteroatoms. The molecular formula is C18H23FN4O. The van der Waals surface area contributed by atoms with E-state index in [1.807, 2.05) is 27.8 Å². The minimum absolute atomic E-state index is 0.0779. The lowest BCUT2D eigenvalue weighted by molar-refractivity contribution is -0.127. The van der Waals surface area contributed by atoms with E-state index in [2.05, 4.69) is 10.3 Å². The van der Waals surface area contributed by atoms with Gasteiger partial charge in [-0.15, -0.1) is 0 Å². The highest BCUT2D eigenvalue weighted by Gasteiger charge is 2.19. The van der Waals surface area contributed by atoms with Crippen LogP contribution in [0.3, 0.4) is 0 Å². The Morgan fingerprint density at radius 3 is 2.79 bits per heavy atom. The summed E-state index contributed by atoms with van der Waals surface area (Å²) in [6, 6.07) is 6.68. The Labute approximate surface area is 141 Å². The third-order valence-electron chi connectivity index (χ3n) is 4.39. The Kier molecular flexibility index (Phi) is 5.59. The Bertz CT molecular complexity index is 642. The first kappa shape index (κ1) is 16.6. The van der Waals surface area contributed by atoms with Crippen molar-refractivity contribution in [2.45, 2.75) is 31.8 Å². The molecule has 0 radical (unpaired) electrons. The second kappa shape index (κ2) is 8.06. The number of halogens is 1. The van der Waals surface area contributed by atoms with Gasteiger partial charge in [0.05, 0.1) is 12.4 Å². The largest absolute Gasteiger partial charge is 0.343 e. The van der Waals surface area contributed by atoms with Crippen LogP contribution in [0.1, 0.15) is 30.9 Å². The molecule has 1 saturated heterocycles. The second-order valence-electron chi connectivity index (χ2n) is 6.16. The van der Waals surface area contributed by atoms with Gasteiger partial charge in [0.25, 0.3) is 0 Å². The molecule has 1 unspecified atom stereocenters. The fourth-order valence-corrected chi connectivity index (χ4v) is 3.08. The van der Waals surface area contributed by atoms with Crippen LogP contribution >= 0.6 is 0 Å². The number of likely N-dealkylation sites (tertiary alicyclic amines) is 1. The SMILES string of the molecule is O=C1CCCN1CCCNC(Cn1ccnc1)c1ccc(F)cc1. The van der Waals surface area contributed by atoms with Gasteiger partial charge in [-0.2, -0.15) is 0 Å². The average molecular weight is 330 g/mol. The lowest BCUT2D eigenvalue weighted by atomic mass is 10.1. The topological polar surface area (TPSA) is 50.2 Å². The first-order valence-corrected chi connectivity index (χ1v) is 8.45. The number of hydrogen-bond donors (Lipinski definition) is 1. The number of benzene rings is 1. The molecule has 1 N–H and O–H groups in total. The van der Waals surface area contributed by atoms with Crippen molar-refractivity contribution in [2.24, 2.45) is 0 Å². The van der Waals surface area contributed by atoms with E-state index in [1.165, 1.54) is 12.1 Å². The number of nitrogens with zero attached hydrogens (tertiary/aromatic N) is 3. The number of hydrogen-bond acceptors (Lipinski definition) is 3. The summed E-state index contributed by atoms with van der Waals surface area (Å²) in [5, 5.41) is 3.52. The summed E-state index contributed by atoms with van der Waals surface area (Å²) in [6.45, 7) is 3.22. The normalized spacial score (nSPS) is 15.9. The van der Waals surface area contributed by atoms with Crippen LogP contribution in [0, 0.1) is 5.82 Å². The van der Waals surface area contributed by atoms with Crippen molar-refractivity contribution in [1.29, 1.82) is 0 Å². The summed E-state index contributed by atoms with van der Waals surface area (Å²) in [4.78, 5) is 17.6. The highest BCUT2D eigenvalue weighted by Crippen LogP contribution is 2.16. The van der Waals surface area contributed by atoms with E-state index in [4.69, 9.17) is 0 Å². The minimum atomic E-state index is -0.229. The minimum Gasteiger partial charge on any atom is -0.343 e. The van der Waals surface area contributed by atoms with E-state index >= 15 is 0 Å². The molecule has 3 rings (SSSR count). The standard InChI is InChI=1S/C18H23FN4O/c19-16-6-4-15(5-7-16)17(13-22-12-9-20-14-22)21-8-2-11-23-10-1-3-18(23)24/h4-7,9,12,14,17,21H,1-3,8,10-11,13H2. The smallest absolute Gasteiger partial charge is 0.222 e. The zero-order chi connectivity index (χ0) is 16.8. The molecular weight excluding hydrogens is 307 g/mol. The van der Waals surface area contributed by atoms with Crippen LogP contribution in [0.5, 0.6) is 0 Å². The van der Waals surface area contributed by atoms with Gasteiger partial charge >= 0.3 is 0 Å². The second-order valence-corrected chi connectivity index (χ2v) is 6.16. The van der Waals surface area contributed by atoms with Crippen molar-refractivity contribution in [3.63, 3.8) is 0 Å². The predicted molar refractivity (Wildman–Crippen MR) is 89.8 cm³/mol. The lowest BCUT2D eigenvalue weighted by Crippen LogP contribution is -2.31. The highest BCUT2D eigenvalue weighted by molar-refractivity contribution is 5.77. The summed E-state index contributed by atoms with van der Waals surface area (Å²) in [6.07, 6.45) is 8.02. The van der Waals surface area contributed by atoms with Gasteiger partial charge in [-0.3, -0.25) is 4.79 Å². The molecule has 1 aliphatic heterocycles. The lowest BCUT2D eigenvalue weighted by Gasteiger charge is -2.21. The molecule has 1 aliphatic rings. The number of aromatic nitrogens is 2. The van der Waals surface area contributed by atoms with Crippen molar-refractivity contribution < 1.29 is 9.18 Å². The maximum absolute atomic E-state index is 13.2. The van der Waals surface area contributed by atoms with Gasteiger partial charge < -0.3 is 14.8 Å². The van der Waals surface area contributed by atoms with Gasteiger partial charge in [-0.1, -0.05) is 12.1 Å². The van der Waals surface area contributed by atoms with E-state index < -0.39 is 0 Å². The van der Waals surface area contributed by atoms with Gasteiger partial charge in [-0.05, 0) is 37.1 Å². The number of rotatable bonds is 8. The van der Waals surface area contributed by atoms with Crippen LogP contribution in [0.4, 0.5) is 4.39 Å². The first-order chi connectivity index (χ1) is 11.7. The number of carbonyl (C=O) groups excluding carboxylic acids is 1. The maximum atomic E-state index is 13.2. The Morgan fingerprint density at radius 1 is 1.29 bits per heavy atom. The van der Waals surface area contributed by atoms with Gasteiger partial charge in [0.15, 0.2) is 0 Å². The number of carbonyl (C=O) groups is 1. The summed E-state index contributed by atoms with van der Waals surface area (Å²) >= 11 is 0. The van der Waals surface area contributed by atoms with Gasteiger partial charge in [0.2, 0.25) is 5.91 Å². The predicted octanol–water partition coefficient (Wildman–Crippen LogP) is 2.37. The monoisotopic (exact) mass is 330 g/mol. The van der Waals surface area contributed by atoms with Crippen molar-refractivity contribution in [3.8, 4) is 0 Å². The van der Waals surface area contributed by atoms with Crippen LogP contribution in [-0.2, 0) is 11.3 Å². The molecule has 1 fully saturated rings. The third kappa shape index (κ3) is 4.41. The van der Waals surface area contributed by atoms with E-state index in [9.17, 15) is 9.18 Å². The number of nitrogens with one attached hydrogen (secondary N) is 1. The number of imidazole rings is 1. The Hall–Kier alpha value is -2.21. The molecule has 0 saturated carbocycles. The summed E-state index contributed by atoms with van der Waals surface area (Å²) < 4.78 is 15.2. The molecule has 0 spiro atoms. The van der Waals surface area contributed by atoms with Gasteiger partial charge in [0.1, 0.15) is 5.82 Å². The Morgan fingerprint density at radius 2 is 2.12 bits per heavy atom. The fraction of sp³-hybridized carbons (Fsp3) is 0.444. The molecule has 128 valence electrons. The highest BCUT2D eigenvalue weighted by atomic mass is 19.1. The molecule has 1 aromatic heterocycles. The van der Waals surface area contributed by atoms with E-state index in [0.29, 0.717) is 6.42 Å². The van der Waals surface area contributed by atoms with Gasteiger partial charge in [-0.25, -0.2) is 9.37 Å². The van der Waals surface area contributed by atoms with Crippen molar-refractivity contribution in [2.75, 3.05) is 19.6 Å². The molecule has 1 amide bonds. The zero-order valence-corrected chi connectivity index (χ0v) is 13.7. The average Bonchev–Trinajstić information content (AvgIpc) is 3.23. The maximum Gasteiger partial charge on any atom is 0.222 e. The van der Waals surface area contributed by atoms with E-state index in [1.54, 1.807) is 12.5 Å². The van der Waals surface area contributed by atoms with Crippen LogP contribution in [0.15, 0.2) is 43.0 Å². The van der Waals surface area contributed by atoms with Crippen LogP contribution in [-0.4, -0.2) is 40.0 Å². The Balaban J connectivity index is 1.55. The fourth-order valence-electron chi connectivity index (χ4n) is 3.08. The van der Waals surface area contributed by atoms with E-state index in [0.717, 1.165) is 44.6 Å². The van der Waals surface area contributed by atoms with Crippen LogP contribution in [0.2, 0.25) is 0 Å². The zero-order valence-electron chi connectivity index (χ0n) is 13.7. The molecule has 24 heavy (non-hydrogen) atoms. The van der Waals surface area contributed by atoms with Gasteiger partial charge in [0, 0.05) is 38.4 Å². The third-order valence-corrected chi connectivity index (χ3v) is 4.39. The molecule has 2 heterocycles. The van der Waals surface area contributed by atoms with Crippen LogP contribution < -0.4 is 5.32 Å². The van der Waals surface area contributed by atoms with Crippen molar-refractivity contribution >= 4 is 5.91 Å². The molecule has 2 aromatic rings. The molecule has 1 aromatic carbocycles. The molecule has 0 bridgehead atoms. The quantitative estimate of drug-likeness (QED) is 0.756. The summed E-state index contributed by atoms with van der Waals surface area (Å²) in [5.41, 5.74) is 1.04. The molecule has 1 atom stereocenters. The number of amides is 1. The van der Waals surface area contributed by atoms with E-state index in [-0.39, 0.29) is 17.8 Å². The van der Waals surface area contributed by atoms with Crippen molar-refractivity contribution in [3.05, 3.63) is 54.4 Å². The van der Waals surface area contributed by atoms with Crippen molar-refractivity contribution in [1.82, 2.24) is 19.8 Å². The first-order valence-electron chi connectivity index (χ1n) is 8.45. The summed E-state index contributed by atoms with van der Waals surface area (Å²) in [7, 11) is 0. The summed E-state index contributed by atoms with van der Waals surface area (Å²) in [5.74, 6) is 0.0381. The molecule has 5 nitrogen and oxygen atoms in total. The molecule has 0 aliphatic carbocycles.